The quantitative estimate of drug-likeness (QED) is 0.472. The number of esters is 1. The van der Waals surface area contributed by atoms with Crippen LogP contribution in [0.4, 0.5) is 0 Å². The first-order valence-corrected chi connectivity index (χ1v) is 10.1. The Morgan fingerprint density at radius 3 is 2.69 bits per heavy atom. The highest BCUT2D eigenvalue weighted by molar-refractivity contribution is 5.93. The lowest BCUT2D eigenvalue weighted by Crippen LogP contribution is -2.30. The van der Waals surface area contributed by atoms with Gasteiger partial charge < -0.3 is 19.1 Å². The summed E-state index contributed by atoms with van der Waals surface area (Å²) in [7, 11) is 0. The number of hydrogen-bond donors (Lipinski definition) is 0. The standard InChI is InChI=1S/C23H28N2O4/c1-4-27-14-13-25-16-20(23(26)29-6-3)19(15-21(25)28-5-2)22-18-10-8-7-9-17(18)11-12-24-22/h7-12,15-16,19H,4-6,13-14H2,1-3H3. The fourth-order valence-electron chi connectivity index (χ4n) is 3.41. The smallest absolute Gasteiger partial charge is 0.336 e. The zero-order valence-corrected chi connectivity index (χ0v) is 17.3. The lowest BCUT2D eigenvalue weighted by atomic mass is 9.90. The highest BCUT2D eigenvalue weighted by Crippen LogP contribution is 2.36. The van der Waals surface area contributed by atoms with Crippen molar-refractivity contribution < 1.29 is 19.0 Å². The van der Waals surface area contributed by atoms with E-state index in [0.717, 1.165) is 16.5 Å². The van der Waals surface area contributed by atoms with E-state index in [1.165, 1.54) is 0 Å². The second kappa shape index (κ2) is 10.1. The molecular formula is C23H28N2O4. The summed E-state index contributed by atoms with van der Waals surface area (Å²) in [6.07, 6.45) is 5.54. The van der Waals surface area contributed by atoms with Gasteiger partial charge in [-0.2, -0.15) is 0 Å². The first-order valence-electron chi connectivity index (χ1n) is 10.1. The molecule has 1 atom stereocenters. The van der Waals surface area contributed by atoms with Crippen molar-refractivity contribution in [1.29, 1.82) is 0 Å². The number of rotatable bonds is 9. The van der Waals surface area contributed by atoms with Crippen molar-refractivity contribution >= 4 is 16.7 Å². The Labute approximate surface area is 171 Å². The summed E-state index contributed by atoms with van der Waals surface area (Å²) in [5, 5.41) is 2.08. The van der Waals surface area contributed by atoms with E-state index in [1.807, 2.05) is 61.4 Å². The highest BCUT2D eigenvalue weighted by Gasteiger charge is 2.31. The van der Waals surface area contributed by atoms with Crippen LogP contribution < -0.4 is 0 Å². The van der Waals surface area contributed by atoms with Crippen LogP contribution in [0.5, 0.6) is 0 Å². The van der Waals surface area contributed by atoms with E-state index < -0.39 is 0 Å². The minimum absolute atomic E-state index is 0.312. The van der Waals surface area contributed by atoms with Gasteiger partial charge in [0.25, 0.3) is 0 Å². The molecule has 0 saturated heterocycles. The van der Waals surface area contributed by atoms with Crippen molar-refractivity contribution in [3.8, 4) is 0 Å². The van der Waals surface area contributed by atoms with Crippen molar-refractivity contribution in [3.05, 3.63) is 66.0 Å². The number of hydrogen-bond acceptors (Lipinski definition) is 6. The number of carbonyl (C=O) groups is 1. The number of nitrogens with zero attached hydrogens (tertiary/aromatic N) is 2. The minimum Gasteiger partial charge on any atom is -0.479 e. The topological polar surface area (TPSA) is 60.9 Å². The summed E-state index contributed by atoms with van der Waals surface area (Å²) < 4.78 is 16.7. The number of benzene rings is 1. The average molecular weight is 396 g/mol. The first kappa shape index (κ1) is 20.9. The highest BCUT2D eigenvalue weighted by atomic mass is 16.5. The number of fused-ring (bicyclic) bond motifs is 1. The Balaban J connectivity index is 2.06. The van der Waals surface area contributed by atoms with Crippen LogP contribution in [0.3, 0.4) is 0 Å². The molecule has 0 spiro atoms. The van der Waals surface area contributed by atoms with Gasteiger partial charge in [-0.3, -0.25) is 4.98 Å². The normalized spacial score (nSPS) is 16.4. The zero-order valence-electron chi connectivity index (χ0n) is 17.3. The molecule has 2 heterocycles. The summed E-state index contributed by atoms with van der Waals surface area (Å²) in [4.78, 5) is 19.3. The monoisotopic (exact) mass is 396 g/mol. The van der Waals surface area contributed by atoms with Gasteiger partial charge in [0.15, 0.2) is 5.88 Å². The fraction of sp³-hybridized carbons (Fsp3) is 0.391. The van der Waals surface area contributed by atoms with Crippen molar-refractivity contribution in [1.82, 2.24) is 9.88 Å². The summed E-state index contributed by atoms with van der Waals surface area (Å²) in [6.45, 7) is 8.29. The molecule has 6 heteroatoms. The fourth-order valence-corrected chi connectivity index (χ4v) is 3.41. The van der Waals surface area contributed by atoms with Crippen LogP contribution >= 0.6 is 0 Å². The van der Waals surface area contributed by atoms with E-state index in [-0.39, 0.29) is 11.9 Å². The Hall–Kier alpha value is -2.86. The van der Waals surface area contributed by atoms with Crippen LogP contribution in [0.1, 0.15) is 32.4 Å². The molecule has 1 aliphatic rings. The maximum Gasteiger partial charge on any atom is 0.336 e. The van der Waals surface area contributed by atoms with Gasteiger partial charge >= 0.3 is 5.97 Å². The number of pyridine rings is 1. The average Bonchev–Trinajstić information content (AvgIpc) is 2.74. The van der Waals surface area contributed by atoms with E-state index in [1.54, 1.807) is 13.1 Å². The molecule has 1 aliphatic heterocycles. The third-order valence-corrected chi connectivity index (χ3v) is 4.71. The SMILES string of the molecule is CCOCCN1C=C(C(=O)OCC)C(c2nccc3ccccc23)C=C1OCC. The molecule has 1 aromatic heterocycles. The molecule has 0 saturated carbocycles. The van der Waals surface area contributed by atoms with Gasteiger partial charge in [-0.25, -0.2) is 4.79 Å². The van der Waals surface area contributed by atoms with Crippen LogP contribution in [0, 0.1) is 0 Å². The Kier molecular flexibility index (Phi) is 7.25. The second-order valence-electron chi connectivity index (χ2n) is 6.53. The summed E-state index contributed by atoms with van der Waals surface area (Å²) in [6, 6.07) is 10.0. The van der Waals surface area contributed by atoms with Crippen LogP contribution in [0.15, 0.2) is 60.3 Å². The molecular weight excluding hydrogens is 368 g/mol. The summed E-state index contributed by atoms with van der Waals surface area (Å²) in [5.41, 5.74) is 1.35. The van der Waals surface area contributed by atoms with Crippen LogP contribution in [0.25, 0.3) is 10.8 Å². The molecule has 0 radical (unpaired) electrons. The lowest BCUT2D eigenvalue weighted by molar-refractivity contribution is -0.138. The predicted molar refractivity (Wildman–Crippen MR) is 112 cm³/mol. The maximum absolute atomic E-state index is 12.8. The zero-order chi connectivity index (χ0) is 20.6. The molecule has 6 nitrogen and oxygen atoms in total. The van der Waals surface area contributed by atoms with Gasteiger partial charge in [0.1, 0.15) is 0 Å². The van der Waals surface area contributed by atoms with Gasteiger partial charge in [-0.15, -0.1) is 0 Å². The van der Waals surface area contributed by atoms with E-state index in [0.29, 0.717) is 44.4 Å². The van der Waals surface area contributed by atoms with Gasteiger partial charge in [-0.1, -0.05) is 24.3 Å². The number of allylic oxidation sites excluding steroid dienone is 1. The molecule has 29 heavy (non-hydrogen) atoms. The minimum atomic E-state index is -0.356. The Morgan fingerprint density at radius 2 is 1.93 bits per heavy atom. The lowest BCUT2D eigenvalue weighted by Gasteiger charge is -2.31. The molecule has 154 valence electrons. The second-order valence-corrected chi connectivity index (χ2v) is 6.53. The summed E-state index contributed by atoms with van der Waals surface area (Å²) in [5.74, 6) is -0.00882. The predicted octanol–water partition coefficient (Wildman–Crippen LogP) is 4.00. The van der Waals surface area contributed by atoms with Gasteiger partial charge in [0.05, 0.1) is 37.0 Å². The van der Waals surface area contributed by atoms with Gasteiger partial charge in [0, 0.05) is 30.9 Å². The molecule has 0 bridgehead atoms. The van der Waals surface area contributed by atoms with Crippen molar-refractivity contribution in [2.24, 2.45) is 0 Å². The maximum atomic E-state index is 12.8. The Morgan fingerprint density at radius 1 is 1.10 bits per heavy atom. The van der Waals surface area contributed by atoms with E-state index in [2.05, 4.69) is 4.98 Å². The van der Waals surface area contributed by atoms with Crippen molar-refractivity contribution in [2.75, 3.05) is 33.0 Å². The van der Waals surface area contributed by atoms with Gasteiger partial charge in [0.2, 0.25) is 0 Å². The van der Waals surface area contributed by atoms with Crippen LogP contribution in [-0.2, 0) is 19.0 Å². The van der Waals surface area contributed by atoms with E-state index >= 15 is 0 Å². The van der Waals surface area contributed by atoms with Gasteiger partial charge in [-0.05, 0) is 38.3 Å². The third-order valence-electron chi connectivity index (χ3n) is 4.71. The van der Waals surface area contributed by atoms with Crippen LogP contribution in [-0.4, -0.2) is 48.8 Å². The van der Waals surface area contributed by atoms with E-state index in [9.17, 15) is 4.79 Å². The molecule has 1 unspecified atom stereocenters. The number of ether oxygens (including phenoxy) is 3. The van der Waals surface area contributed by atoms with Crippen molar-refractivity contribution in [3.63, 3.8) is 0 Å². The first-order chi connectivity index (χ1) is 14.2. The van der Waals surface area contributed by atoms with Crippen LogP contribution in [0.2, 0.25) is 0 Å². The molecule has 0 amide bonds. The third kappa shape index (κ3) is 4.77. The Bertz CT molecular complexity index is 901. The molecule has 0 aliphatic carbocycles. The molecule has 1 aromatic carbocycles. The number of aromatic nitrogens is 1. The largest absolute Gasteiger partial charge is 0.479 e. The molecule has 0 fully saturated rings. The molecule has 2 aromatic rings. The molecule has 3 rings (SSSR count). The molecule has 0 N–H and O–H groups in total. The number of carbonyl (C=O) groups excluding carboxylic acids is 1. The summed E-state index contributed by atoms with van der Waals surface area (Å²) >= 11 is 0. The van der Waals surface area contributed by atoms with E-state index in [4.69, 9.17) is 14.2 Å². The van der Waals surface area contributed by atoms with Crippen molar-refractivity contribution in [2.45, 2.75) is 26.7 Å².